The van der Waals surface area contributed by atoms with E-state index in [4.69, 9.17) is 12.2 Å². The lowest BCUT2D eigenvalue weighted by Gasteiger charge is -2.21. The van der Waals surface area contributed by atoms with Crippen LogP contribution in [0.25, 0.3) is 0 Å². The molecule has 1 aromatic carbocycles. The molecule has 0 aliphatic rings. The molecule has 25 heavy (non-hydrogen) atoms. The highest BCUT2D eigenvalue weighted by molar-refractivity contribution is 7.89. The fourth-order valence-electron chi connectivity index (χ4n) is 1.98. The number of rotatable bonds is 9. The molecule has 0 saturated heterocycles. The number of anilines is 1. The zero-order valence-corrected chi connectivity index (χ0v) is 15.6. The quantitative estimate of drug-likeness (QED) is 0.253. The van der Waals surface area contributed by atoms with Gasteiger partial charge in [-0.1, -0.05) is 19.9 Å². The number of hydrazine groups is 1. The molecule has 0 bridgehead atoms. The van der Waals surface area contributed by atoms with E-state index in [1.807, 2.05) is 0 Å². The average molecular weight is 387 g/mol. The number of nitrogens with zero attached hydrogens (tertiary/aromatic N) is 2. The van der Waals surface area contributed by atoms with Gasteiger partial charge in [-0.2, -0.15) is 4.31 Å². The normalized spacial score (nSPS) is 11.0. The molecule has 138 valence electrons. The highest BCUT2D eigenvalue weighted by atomic mass is 32.2. The van der Waals surface area contributed by atoms with Gasteiger partial charge in [0.05, 0.1) is 10.6 Å². The van der Waals surface area contributed by atoms with Crippen molar-refractivity contribution in [2.45, 2.75) is 18.7 Å². The molecule has 1 rings (SSSR count). The predicted octanol–water partition coefficient (Wildman–Crippen LogP) is 1.60. The van der Waals surface area contributed by atoms with E-state index < -0.39 is 14.9 Å². The van der Waals surface area contributed by atoms with E-state index in [0.29, 0.717) is 6.54 Å². The van der Waals surface area contributed by atoms with Crippen LogP contribution >= 0.6 is 12.2 Å². The fraction of sp³-hybridized carbons (Fsp3) is 0.357. The molecule has 0 aromatic heterocycles. The number of hydrogen-bond acceptors (Lipinski definition) is 6. The third kappa shape index (κ3) is 5.37. The van der Waals surface area contributed by atoms with E-state index in [1.165, 1.54) is 16.4 Å². The molecule has 0 aliphatic carbocycles. The number of nitro benzene ring substituents is 1. The largest absolute Gasteiger partial charge is 0.358 e. The summed E-state index contributed by atoms with van der Waals surface area (Å²) in [5, 5.41) is 14.0. The molecule has 0 heterocycles. The van der Waals surface area contributed by atoms with E-state index in [9.17, 15) is 18.5 Å². The summed E-state index contributed by atoms with van der Waals surface area (Å²) in [5.74, 6) is 0. The van der Waals surface area contributed by atoms with E-state index >= 15 is 0 Å². The van der Waals surface area contributed by atoms with Crippen molar-refractivity contribution in [1.29, 1.82) is 0 Å². The van der Waals surface area contributed by atoms with E-state index in [1.54, 1.807) is 19.9 Å². The maximum Gasteiger partial charge on any atom is 0.270 e. The van der Waals surface area contributed by atoms with Crippen LogP contribution in [-0.2, 0) is 10.0 Å². The lowest BCUT2D eigenvalue weighted by molar-refractivity contribution is -0.385. The van der Waals surface area contributed by atoms with E-state index in [-0.39, 0.29) is 34.5 Å². The SMILES string of the molecule is C=CCNC(=S)NNc1ccc([N+](=O)[O-])cc1S(=O)(=O)N(CC)CC. The Bertz CT molecular complexity index is 748. The standard InChI is InChI=1S/C14H21N5O4S2/c1-4-9-15-14(24)17-16-12-8-7-11(19(20)21)10-13(12)25(22,23)18(5-2)6-3/h4,7-8,10,16H,1,5-6,9H2,2-3H3,(H2,15,17,24). The number of non-ortho nitro benzene ring substituents is 1. The molecule has 0 fully saturated rings. The van der Waals surface area contributed by atoms with Gasteiger partial charge in [-0.05, 0) is 18.3 Å². The van der Waals surface area contributed by atoms with Crippen LogP contribution < -0.4 is 16.2 Å². The predicted molar refractivity (Wildman–Crippen MR) is 101 cm³/mol. The Morgan fingerprint density at radius 1 is 1.40 bits per heavy atom. The number of hydrogen-bond donors (Lipinski definition) is 3. The summed E-state index contributed by atoms with van der Waals surface area (Å²) in [7, 11) is -3.91. The van der Waals surface area contributed by atoms with Crippen molar-refractivity contribution < 1.29 is 13.3 Å². The molecule has 0 unspecified atom stereocenters. The lowest BCUT2D eigenvalue weighted by atomic mass is 10.3. The first-order valence-electron chi connectivity index (χ1n) is 7.47. The summed E-state index contributed by atoms with van der Waals surface area (Å²) >= 11 is 5.02. The van der Waals surface area contributed by atoms with Gasteiger partial charge in [0.25, 0.3) is 5.69 Å². The van der Waals surface area contributed by atoms with Crippen LogP contribution in [0.3, 0.4) is 0 Å². The summed E-state index contributed by atoms with van der Waals surface area (Å²) in [6, 6.07) is 3.56. The zero-order valence-electron chi connectivity index (χ0n) is 14.0. The molecule has 9 nitrogen and oxygen atoms in total. The van der Waals surface area contributed by atoms with Crippen LogP contribution in [-0.4, -0.2) is 42.4 Å². The third-order valence-electron chi connectivity index (χ3n) is 3.22. The number of thiocarbonyl (C=S) groups is 1. The van der Waals surface area contributed by atoms with Gasteiger partial charge in [0, 0.05) is 31.8 Å². The molecule has 0 spiro atoms. The molecule has 0 radical (unpaired) electrons. The molecule has 0 saturated carbocycles. The third-order valence-corrected chi connectivity index (χ3v) is 5.55. The molecule has 0 aliphatic heterocycles. The summed E-state index contributed by atoms with van der Waals surface area (Å²) < 4.78 is 26.8. The smallest absolute Gasteiger partial charge is 0.270 e. The van der Waals surface area contributed by atoms with Gasteiger partial charge < -0.3 is 5.32 Å². The maximum atomic E-state index is 12.8. The first-order valence-corrected chi connectivity index (χ1v) is 9.32. The molecular weight excluding hydrogens is 366 g/mol. The van der Waals surface area contributed by atoms with Gasteiger partial charge >= 0.3 is 0 Å². The van der Waals surface area contributed by atoms with Gasteiger partial charge in [-0.25, -0.2) is 8.42 Å². The lowest BCUT2D eigenvalue weighted by Crippen LogP contribution is -2.39. The van der Waals surface area contributed by atoms with Gasteiger partial charge in [-0.3, -0.25) is 21.0 Å². The molecule has 0 amide bonds. The van der Waals surface area contributed by atoms with E-state index in [2.05, 4.69) is 22.7 Å². The molecule has 1 aromatic rings. The fourth-order valence-corrected chi connectivity index (χ4v) is 3.74. The minimum Gasteiger partial charge on any atom is -0.358 e. The van der Waals surface area contributed by atoms with Crippen molar-refractivity contribution in [1.82, 2.24) is 15.0 Å². The minimum atomic E-state index is -3.91. The Balaban J connectivity index is 3.23. The first-order chi connectivity index (χ1) is 11.8. The van der Waals surface area contributed by atoms with E-state index in [0.717, 1.165) is 6.07 Å². The van der Waals surface area contributed by atoms with Crippen molar-refractivity contribution in [3.63, 3.8) is 0 Å². The van der Waals surface area contributed by atoms with Crippen LogP contribution in [0.2, 0.25) is 0 Å². The highest BCUT2D eigenvalue weighted by Gasteiger charge is 2.27. The molecule has 0 atom stereocenters. The van der Waals surface area contributed by atoms with Crippen LogP contribution in [0.15, 0.2) is 35.7 Å². The van der Waals surface area contributed by atoms with Gasteiger partial charge in [0.15, 0.2) is 5.11 Å². The van der Waals surface area contributed by atoms with Gasteiger partial charge in [0.2, 0.25) is 10.0 Å². The van der Waals surface area contributed by atoms with Crippen molar-refractivity contribution in [2.24, 2.45) is 0 Å². The molecular formula is C14H21N5O4S2. The first kappa shape index (κ1) is 20.8. The van der Waals surface area contributed by atoms with Crippen LogP contribution in [0.5, 0.6) is 0 Å². The van der Waals surface area contributed by atoms with Crippen LogP contribution in [0.4, 0.5) is 11.4 Å². The monoisotopic (exact) mass is 387 g/mol. The average Bonchev–Trinajstić information content (AvgIpc) is 2.58. The summed E-state index contributed by atoms with van der Waals surface area (Å²) in [6.07, 6.45) is 1.61. The van der Waals surface area contributed by atoms with Crippen molar-refractivity contribution in [3.05, 3.63) is 41.0 Å². The summed E-state index contributed by atoms with van der Waals surface area (Å²) in [5.41, 5.74) is 5.16. The second-order valence-corrected chi connectivity index (χ2v) is 7.09. The Kier molecular flexibility index (Phi) is 7.74. The van der Waals surface area contributed by atoms with Crippen molar-refractivity contribution in [2.75, 3.05) is 25.1 Å². The highest BCUT2D eigenvalue weighted by Crippen LogP contribution is 2.28. The summed E-state index contributed by atoms with van der Waals surface area (Å²) in [6.45, 7) is 7.84. The Hall–Kier alpha value is -2.24. The Morgan fingerprint density at radius 2 is 2.04 bits per heavy atom. The topological polar surface area (TPSA) is 117 Å². The molecule has 11 heteroatoms. The van der Waals surface area contributed by atoms with Crippen molar-refractivity contribution in [3.8, 4) is 0 Å². The number of nitrogens with one attached hydrogen (secondary N) is 3. The van der Waals surface area contributed by atoms with Gasteiger partial charge in [0.1, 0.15) is 4.90 Å². The van der Waals surface area contributed by atoms with Crippen LogP contribution in [0.1, 0.15) is 13.8 Å². The maximum absolute atomic E-state index is 12.8. The van der Waals surface area contributed by atoms with Crippen LogP contribution in [0, 0.1) is 10.1 Å². The minimum absolute atomic E-state index is 0.153. The zero-order chi connectivity index (χ0) is 19.0. The molecule has 3 N–H and O–H groups in total. The van der Waals surface area contributed by atoms with Crippen molar-refractivity contribution >= 4 is 38.7 Å². The summed E-state index contributed by atoms with van der Waals surface area (Å²) in [4.78, 5) is 10.2. The van der Waals surface area contributed by atoms with Gasteiger partial charge in [-0.15, -0.1) is 6.58 Å². The number of benzene rings is 1. The number of sulfonamides is 1. The Labute approximate surface area is 152 Å². The second kappa shape index (κ2) is 9.30. The Morgan fingerprint density at radius 3 is 2.56 bits per heavy atom. The number of nitro groups is 1. The second-order valence-electron chi connectivity index (χ2n) is 4.78.